The van der Waals surface area contributed by atoms with Crippen molar-refractivity contribution < 1.29 is 14.7 Å². The molecule has 4 heteroatoms. The van der Waals surface area contributed by atoms with Crippen LogP contribution in [0.15, 0.2) is 30.5 Å². The summed E-state index contributed by atoms with van der Waals surface area (Å²) in [6, 6.07) is 6.65. The first-order chi connectivity index (χ1) is 8.22. The van der Waals surface area contributed by atoms with Gasteiger partial charge in [0, 0.05) is 28.6 Å². The number of aliphatic carboxylic acids is 1. The molecule has 0 aliphatic heterocycles. The van der Waals surface area contributed by atoms with Crippen LogP contribution in [0.3, 0.4) is 0 Å². The Hall–Kier alpha value is -2.67. The number of carboxylic acid groups (broad SMARTS) is 1. The van der Waals surface area contributed by atoms with Crippen LogP contribution in [0.25, 0.3) is 10.9 Å². The minimum atomic E-state index is -1.19. The number of aldehydes is 1. The molecule has 0 spiro atoms. The van der Waals surface area contributed by atoms with Gasteiger partial charge in [-0.3, -0.25) is 9.78 Å². The van der Waals surface area contributed by atoms with Gasteiger partial charge in [0.1, 0.15) is 0 Å². The zero-order valence-corrected chi connectivity index (χ0v) is 8.68. The van der Waals surface area contributed by atoms with E-state index >= 15 is 0 Å². The van der Waals surface area contributed by atoms with Crippen LogP contribution in [-0.4, -0.2) is 22.3 Å². The lowest BCUT2D eigenvalue weighted by Gasteiger charge is -2.01. The molecule has 1 N–H and O–H groups in total. The highest BCUT2D eigenvalue weighted by molar-refractivity contribution is 5.99. The fourth-order valence-corrected chi connectivity index (χ4v) is 1.52. The summed E-state index contributed by atoms with van der Waals surface area (Å²) in [6.45, 7) is 0. The second kappa shape index (κ2) is 4.45. The molecule has 2 aromatic rings. The molecule has 1 heterocycles. The minimum Gasteiger partial charge on any atom is -0.472 e. The predicted molar refractivity (Wildman–Crippen MR) is 61.6 cm³/mol. The SMILES string of the molecule is O=Cc1ccc(C#CC(=O)O)c2cccnc12. The summed E-state index contributed by atoms with van der Waals surface area (Å²) < 4.78 is 0. The number of hydrogen-bond acceptors (Lipinski definition) is 3. The van der Waals surface area contributed by atoms with Crippen molar-refractivity contribution in [3.05, 3.63) is 41.6 Å². The Labute approximate surface area is 96.9 Å². The van der Waals surface area contributed by atoms with Crippen molar-refractivity contribution in [1.29, 1.82) is 0 Å². The van der Waals surface area contributed by atoms with Gasteiger partial charge < -0.3 is 5.11 Å². The van der Waals surface area contributed by atoms with Gasteiger partial charge >= 0.3 is 5.97 Å². The van der Waals surface area contributed by atoms with Crippen molar-refractivity contribution >= 4 is 23.2 Å². The van der Waals surface area contributed by atoms with Gasteiger partial charge in [0.15, 0.2) is 6.29 Å². The largest absolute Gasteiger partial charge is 0.472 e. The van der Waals surface area contributed by atoms with Crippen LogP contribution in [-0.2, 0) is 4.79 Å². The third-order valence-corrected chi connectivity index (χ3v) is 2.23. The van der Waals surface area contributed by atoms with Gasteiger partial charge in [0.2, 0.25) is 0 Å². The fraction of sp³-hybridized carbons (Fsp3) is 0. The van der Waals surface area contributed by atoms with Gasteiger partial charge in [-0.05, 0) is 18.2 Å². The summed E-state index contributed by atoms with van der Waals surface area (Å²) in [7, 11) is 0. The lowest BCUT2D eigenvalue weighted by molar-refractivity contribution is -0.130. The Morgan fingerprint density at radius 1 is 1.35 bits per heavy atom. The molecule has 0 aliphatic carbocycles. The van der Waals surface area contributed by atoms with Gasteiger partial charge in [-0.2, -0.15) is 0 Å². The van der Waals surface area contributed by atoms with E-state index in [1.54, 1.807) is 30.5 Å². The number of rotatable bonds is 1. The summed E-state index contributed by atoms with van der Waals surface area (Å²) in [5.41, 5.74) is 1.53. The number of hydrogen-bond donors (Lipinski definition) is 1. The zero-order valence-electron chi connectivity index (χ0n) is 8.68. The normalized spacial score (nSPS) is 9.41. The Balaban J connectivity index is 2.72. The number of fused-ring (bicyclic) bond motifs is 1. The van der Waals surface area contributed by atoms with Crippen molar-refractivity contribution in [3.8, 4) is 11.8 Å². The Kier molecular flexibility index (Phi) is 2.84. The lowest BCUT2D eigenvalue weighted by atomic mass is 10.0. The lowest BCUT2D eigenvalue weighted by Crippen LogP contribution is -1.91. The number of carbonyl (C=O) groups is 2. The highest BCUT2D eigenvalue weighted by atomic mass is 16.4. The number of aromatic nitrogens is 1. The second-order valence-corrected chi connectivity index (χ2v) is 3.27. The maximum atomic E-state index is 10.8. The predicted octanol–water partition coefficient (Wildman–Crippen LogP) is 1.48. The highest BCUT2D eigenvalue weighted by Crippen LogP contribution is 2.18. The first-order valence-corrected chi connectivity index (χ1v) is 4.80. The number of carboxylic acids is 1. The molecule has 0 amide bonds. The van der Waals surface area contributed by atoms with Crippen molar-refractivity contribution in [2.24, 2.45) is 0 Å². The molecular formula is C13H7NO3. The average Bonchev–Trinajstić information content (AvgIpc) is 2.35. The third-order valence-electron chi connectivity index (χ3n) is 2.23. The van der Waals surface area contributed by atoms with Gasteiger partial charge in [0.05, 0.1) is 5.52 Å². The Morgan fingerprint density at radius 3 is 2.88 bits per heavy atom. The number of carbonyl (C=O) groups excluding carboxylic acids is 1. The van der Waals surface area contributed by atoms with E-state index in [-0.39, 0.29) is 0 Å². The Morgan fingerprint density at radius 2 is 2.18 bits per heavy atom. The van der Waals surface area contributed by atoms with Gasteiger partial charge in [-0.25, -0.2) is 4.79 Å². The van der Waals surface area contributed by atoms with Gasteiger partial charge in [-0.1, -0.05) is 12.0 Å². The quantitative estimate of drug-likeness (QED) is 0.589. The molecule has 82 valence electrons. The molecule has 0 bridgehead atoms. The van der Waals surface area contributed by atoms with Crippen molar-refractivity contribution in [2.75, 3.05) is 0 Å². The minimum absolute atomic E-state index is 0.460. The molecule has 0 fully saturated rings. The summed E-state index contributed by atoms with van der Waals surface area (Å²) in [4.78, 5) is 25.3. The smallest absolute Gasteiger partial charge is 0.382 e. The zero-order chi connectivity index (χ0) is 12.3. The van der Waals surface area contributed by atoms with Crippen LogP contribution in [0.2, 0.25) is 0 Å². The van der Waals surface area contributed by atoms with Crippen molar-refractivity contribution in [2.45, 2.75) is 0 Å². The van der Waals surface area contributed by atoms with E-state index in [1.165, 1.54) is 0 Å². The molecular weight excluding hydrogens is 218 g/mol. The van der Waals surface area contributed by atoms with Crippen LogP contribution >= 0.6 is 0 Å². The summed E-state index contributed by atoms with van der Waals surface area (Å²) in [5.74, 6) is 3.38. The number of benzene rings is 1. The van der Waals surface area contributed by atoms with E-state index in [0.717, 1.165) is 0 Å². The van der Waals surface area contributed by atoms with Crippen LogP contribution in [0, 0.1) is 11.8 Å². The first-order valence-electron chi connectivity index (χ1n) is 4.80. The van der Waals surface area contributed by atoms with Crippen LogP contribution in [0.1, 0.15) is 15.9 Å². The van der Waals surface area contributed by atoms with Crippen molar-refractivity contribution in [3.63, 3.8) is 0 Å². The van der Waals surface area contributed by atoms with E-state index in [1.807, 2.05) is 5.92 Å². The first kappa shape index (κ1) is 10.8. The molecule has 1 aromatic heterocycles. The van der Waals surface area contributed by atoms with E-state index in [0.29, 0.717) is 28.3 Å². The Bertz CT molecular complexity index is 665. The fourth-order valence-electron chi connectivity index (χ4n) is 1.52. The topological polar surface area (TPSA) is 67.3 Å². The van der Waals surface area contributed by atoms with Crippen LogP contribution in [0.5, 0.6) is 0 Å². The molecule has 0 aliphatic rings. The van der Waals surface area contributed by atoms with E-state index < -0.39 is 5.97 Å². The highest BCUT2D eigenvalue weighted by Gasteiger charge is 2.04. The summed E-state index contributed by atoms with van der Waals surface area (Å²) in [6.07, 6.45) is 2.29. The summed E-state index contributed by atoms with van der Waals surface area (Å²) in [5, 5.41) is 9.17. The summed E-state index contributed by atoms with van der Waals surface area (Å²) >= 11 is 0. The third kappa shape index (κ3) is 2.13. The molecule has 17 heavy (non-hydrogen) atoms. The van der Waals surface area contributed by atoms with Gasteiger partial charge in [0.25, 0.3) is 0 Å². The number of pyridine rings is 1. The van der Waals surface area contributed by atoms with E-state index in [2.05, 4.69) is 10.9 Å². The average molecular weight is 225 g/mol. The number of nitrogens with zero attached hydrogens (tertiary/aromatic N) is 1. The van der Waals surface area contributed by atoms with E-state index in [9.17, 15) is 9.59 Å². The van der Waals surface area contributed by atoms with Crippen LogP contribution < -0.4 is 0 Å². The maximum Gasteiger partial charge on any atom is 0.382 e. The molecule has 0 unspecified atom stereocenters. The van der Waals surface area contributed by atoms with Crippen molar-refractivity contribution in [1.82, 2.24) is 4.98 Å². The second-order valence-electron chi connectivity index (χ2n) is 3.27. The molecule has 0 saturated heterocycles. The monoisotopic (exact) mass is 225 g/mol. The van der Waals surface area contributed by atoms with Crippen LogP contribution in [0.4, 0.5) is 0 Å². The standard InChI is InChI=1S/C13H7NO3/c15-8-10-4-3-9(5-6-12(16)17)11-2-1-7-14-13(10)11/h1-4,7-8H,(H,16,17). The molecule has 0 atom stereocenters. The maximum absolute atomic E-state index is 10.8. The molecule has 1 aromatic carbocycles. The van der Waals surface area contributed by atoms with Gasteiger partial charge in [-0.15, -0.1) is 0 Å². The molecule has 4 nitrogen and oxygen atoms in total. The molecule has 0 radical (unpaired) electrons. The van der Waals surface area contributed by atoms with E-state index in [4.69, 9.17) is 5.11 Å². The molecule has 0 saturated carbocycles. The molecule has 2 rings (SSSR count).